The van der Waals surface area contributed by atoms with Gasteiger partial charge in [0.25, 0.3) is 0 Å². The predicted octanol–water partition coefficient (Wildman–Crippen LogP) is 2.34. The Morgan fingerprint density at radius 3 is 2.89 bits per heavy atom. The van der Waals surface area contributed by atoms with Crippen LogP contribution < -0.4 is 5.32 Å². The van der Waals surface area contributed by atoms with Crippen LogP contribution >= 0.6 is 11.6 Å². The molecule has 0 aliphatic rings. The van der Waals surface area contributed by atoms with Crippen molar-refractivity contribution in [1.29, 1.82) is 0 Å². The second kappa shape index (κ2) is 5.42. The van der Waals surface area contributed by atoms with Crippen LogP contribution in [0.3, 0.4) is 0 Å². The Morgan fingerprint density at radius 1 is 1.44 bits per heavy atom. The van der Waals surface area contributed by atoms with Crippen molar-refractivity contribution >= 4 is 28.4 Å². The molecule has 5 heteroatoms. The normalized spacial score (nSPS) is 10.8. The van der Waals surface area contributed by atoms with Gasteiger partial charge in [-0.25, -0.2) is 0 Å². The van der Waals surface area contributed by atoms with Crippen molar-refractivity contribution < 1.29 is 9.90 Å². The Hall–Kier alpha value is -1.52. The van der Waals surface area contributed by atoms with Gasteiger partial charge in [-0.15, -0.1) is 0 Å². The lowest BCUT2D eigenvalue weighted by Crippen LogP contribution is -2.21. The molecule has 1 aromatic heterocycles. The van der Waals surface area contributed by atoms with E-state index in [2.05, 4.69) is 10.3 Å². The van der Waals surface area contributed by atoms with E-state index in [9.17, 15) is 4.79 Å². The molecular formula is C13H15ClN2O2. The van der Waals surface area contributed by atoms with E-state index in [1.807, 2.05) is 25.1 Å². The van der Waals surface area contributed by atoms with Crippen molar-refractivity contribution in [2.24, 2.45) is 0 Å². The molecule has 0 radical (unpaired) electrons. The number of benzene rings is 1. The van der Waals surface area contributed by atoms with Crippen molar-refractivity contribution in [1.82, 2.24) is 10.3 Å². The van der Waals surface area contributed by atoms with Gasteiger partial charge in [0.05, 0.1) is 13.2 Å². The standard InChI is InChI=1S/C13H15ClN2O2/c1-2-13(18)15-6-10-3-8-4-11(14)9(7-17)5-12(8)16-10/h3-5,16-17H,2,6-7H2,1H3,(H,15,18). The summed E-state index contributed by atoms with van der Waals surface area (Å²) in [5.74, 6) is 0.0164. The largest absolute Gasteiger partial charge is 0.392 e. The molecule has 0 fully saturated rings. The first kappa shape index (κ1) is 12.9. The third kappa shape index (κ3) is 2.66. The summed E-state index contributed by atoms with van der Waals surface area (Å²) in [7, 11) is 0. The lowest BCUT2D eigenvalue weighted by molar-refractivity contribution is -0.120. The highest BCUT2D eigenvalue weighted by atomic mass is 35.5. The highest BCUT2D eigenvalue weighted by Gasteiger charge is 2.06. The number of rotatable bonds is 4. The summed E-state index contributed by atoms with van der Waals surface area (Å²) in [6.45, 7) is 2.19. The quantitative estimate of drug-likeness (QED) is 0.795. The van der Waals surface area contributed by atoms with Gasteiger partial charge < -0.3 is 15.4 Å². The van der Waals surface area contributed by atoms with E-state index in [4.69, 9.17) is 16.7 Å². The number of aliphatic hydroxyl groups excluding tert-OH is 1. The van der Waals surface area contributed by atoms with E-state index in [0.29, 0.717) is 23.6 Å². The molecular weight excluding hydrogens is 252 g/mol. The fourth-order valence-corrected chi connectivity index (χ4v) is 2.02. The highest BCUT2D eigenvalue weighted by molar-refractivity contribution is 6.32. The van der Waals surface area contributed by atoms with Gasteiger partial charge in [0.1, 0.15) is 0 Å². The second-order valence-corrected chi connectivity index (χ2v) is 4.52. The molecule has 3 N–H and O–H groups in total. The van der Waals surface area contributed by atoms with Crippen molar-refractivity contribution in [3.63, 3.8) is 0 Å². The zero-order valence-corrected chi connectivity index (χ0v) is 10.8. The van der Waals surface area contributed by atoms with Gasteiger partial charge >= 0.3 is 0 Å². The molecule has 0 saturated carbocycles. The average molecular weight is 267 g/mol. The molecule has 1 amide bonds. The summed E-state index contributed by atoms with van der Waals surface area (Å²) in [5, 5.41) is 13.5. The second-order valence-electron chi connectivity index (χ2n) is 4.11. The molecule has 0 aliphatic heterocycles. The summed E-state index contributed by atoms with van der Waals surface area (Å²) >= 11 is 6.02. The molecule has 0 aliphatic carbocycles. The van der Waals surface area contributed by atoms with Crippen LogP contribution in [0.25, 0.3) is 10.9 Å². The zero-order valence-electron chi connectivity index (χ0n) is 10.1. The summed E-state index contributed by atoms with van der Waals surface area (Å²) in [5.41, 5.74) is 2.51. The first-order valence-electron chi connectivity index (χ1n) is 5.81. The Morgan fingerprint density at radius 2 is 2.22 bits per heavy atom. The van der Waals surface area contributed by atoms with Crippen LogP contribution in [0.4, 0.5) is 0 Å². The number of hydrogen-bond donors (Lipinski definition) is 3. The molecule has 0 bridgehead atoms. The van der Waals surface area contributed by atoms with Gasteiger partial charge in [-0.1, -0.05) is 18.5 Å². The van der Waals surface area contributed by atoms with Crippen molar-refractivity contribution in [2.45, 2.75) is 26.5 Å². The highest BCUT2D eigenvalue weighted by Crippen LogP contribution is 2.24. The van der Waals surface area contributed by atoms with E-state index >= 15 is 0 Å². The number of nitrogens with one attached hydrogen (secondary N) is 2. The van der Waals surface area contributed by atoms with E-state index in [1.165, 1.54) is 0 Å². The van der Waals surface area contributed by atoms with Crippen LogP contribution in [0, 0.1) is 0 Å². The first-order valence-corrected chi connectivity index (χ1v) is 6.19. The van der Waals surface area contributed by atoms with E-state index < -0.39 is 0 Å². The predicted molar refractivity (Wildman–Crippen MR) is 71.4 cm³/mol. The van der Waals surface area contributed by atoms with Crippen LogP contribution in [-0.4, -0.2) is 16.0 Å². The number of hydrogen-bond acceptors (Lipinski definition) is 2. The molecule has 0 unspecified atom stereocenters. The number of carbonyl (C=O) groups is 1. The number of H-pyrrole nitrogens is 1. The molecule has 0 saturated heterocycles. The van der Waals surface area contributed by atoms with Gasteiger partial charge in [0, 0.05) is 28.0 Å². The smallest absolute Gasteiger partial charge is 0.220 e. The Kier molecular flexibility index (Phi) is 3.89. The topological polar surface area (TPSA) is 65.1 Å². The van der Waals surface area contributed by atoms with Crippen molar-refractivity contribution in [3.8, 4) is 0 Å². The minimum atomic E-state index is -0.0876. The Bertz CT molecular complexity index is 578. The van der Waals surface area contributed by atoms with Crippen LogP contribution in [-0.2, 0) is 17.9 Å². The van der Waals surface area contributed by atoms with E-state index in [1.54, 1.807) is 0 Å². The van der Waals surface area contributed by atoms with E-state index in [0.717, 1.165) is 16.6 Å². The van der Waals surface area contributed by atoms with Crippen LogP contribution in [0.5, 0.6) is 0 Å². The Labute approximate surface area is 110 Å². The number of fused-ring (bicyclic) bond motifs is 1. The van der Waals surface area contributed by atoms with Gasteiger partial charge in [-0.05, 0) is 23.8 Å². The molecule has 18 heavy (non-hydrogen) atoms. The summed E-state index contributed by atoms with van der Waals surface area (Å²) < 4.78 is 0. The van der Waals surface area contributed by atoms with Gasteiger partial charge in [0.15, 0.2) is 0 Å². The van der Waals surface area contributed by atoms with Gasteiger partial charge in [0.2, 0.25) is 5.91 Å². The molecule has 4 nitrogen and oxygen atoms in total. The zero-order chi connectivity index (χ0) is 13.1. The third-order valence-corrected chi connectivity index (χ3v) is 3.16. The number of halogens is 1. The molecule has 2 aromatic rings. The van der Waals surface area contributed by atoms with E-state index in [-0.39, 0.29) is 12.5 Å². The van der Waals surface area contributed by atoms with Crippen molar-refractivity contribution in [2.75, 3.05) is 0 Å². The molecule has 96 valence electrons. The molecule has 1 aromatic carbocycles. The fourth-order valence-electron chi connectivity index (χ4n) is 1.79. The number of aliphatic hydroxyl groups is 1. The minimum Gasteiger partial charge on any atom is -0.392 e. The van der Waals surface area contributed by atoms with Crippen LogP contribution in [0.1, 0.15) is 24.6 Å². The maximum absolute atomic E-state index is 11.2. The fraction of sp³-hybridized carbons (Fsp3) is 0.308. The van der Waals surface area contributed by atoms with Gasteiger partial charge in [-0.2, -0.15) is 0 Å². The number of aromatic amines is 1. The third-order valence-electron chi connectivity index (χ3n) is 2.81. The lowest BCUT2D eigenvalue weighted by Gasteiger charge is -2.00. The molecule has 2 rings (SSSR count). The maximum Gasteiger partial charge on any atom is 0.220 e. The monoisotopic (exact) mass is 266 g/mol. The van der Waals surface area contributed by atoms with Crippen molar-refractivity contribution in [3.05, 3.63) is 34.5 Å². The average Bonchev–Trinajstić information content (AvgIpc) is 2.76. The summed E-state index contributed by atoms with van der Waals surface area (Å²) in [6, 6.07) is 5.57. The SMILES string of the molecule is CCC(=O)NCc1cc2cc(Cl)c(CO)cc2[nH]1. The minimum absolute atomic E-state index is 0.0164. The summed E-state index contributed by atoms with van der Waals surface area (Å²) in [4.78, 5) is 14.4. The number of carbonyl (C=O) groups excluding carboxylic acids is 1. The lowest BCUT2D eigenvalue weighted by atomic mass is 10.2. The molecule has 0 spiro atoms. The van der Waals surface area contributed by atoms with Crippen LogP contribution in [0.2, 0.25) is 5.02 Å². The summed E-state index contributed by atoms with van der Waals surface area (Å²) in [6.07, 6.45) is 0.473. The van der Waals surface area contributed by atoms with Crippen LogP contribution in [0.15, 0.2) is 18.2 Å². The molecule has 1 heterocycles. The number of aromatic nitrogens is 1. The number of amides is 1. The molecule has 0 atom stereocenters. The Balaban J connectivity index is 2.24. The maximum atomic E-state index is 11.2. The first-order chi connectivity index (χ1) is 8.63. The van der Waals surface area contributed by atoms with Gasteiger partial charge in [-0.3, -0.25) is 4.79 Å².